The molecule has 1 atom stereocenters. The first kappa shape index (κ1) is 19.6. The van der Waals surface area contributed by atoms with Crippen molar-refractivity contribution in [3.05, 3.63) is 0 Å². The van der Waals surface area contributed by atoms with Crippen molar-refractivity contribution in [3.63, 3.8) is 0 Å². The van der Waals surface area contributed by atoms with Crippen LogP contribution in [-0.4, -0.2) is 47.8 Å². The molecule has 0 aromatic heterocycles. The third kappa shape index (κ3) is 7.56. The van der Waals surface area contributed by atoms with Crippen LogP contribution in [0.2, 0.25) is 0 Å². The van der Waals surface area contributed by atoms with Gasteiger partial charge in [0.25, 0.3) is 0 Å². The number of piperidine rings is 1. The Hall–Kier alpha value is -1.47. The Morgan fingerprint density at radius 3 is 2.17 bits per heavy atom. The second-order valence-corrected chi connectivity index (χ2v) is 6.95. The topological polar surface area (TPSA) is 58.6 Å². The van der Waals surface area contributed by atoms with Gasteiger partial charge in [-0.1, -0.05) is 0 Å². The summed E-state index contributed by atoms with van der Waals surface area (Å²) in [5, 5.41) is 2.74. The van der Waals surface area contributed by atoms with Crippen LogP contribution in [0.4, 0.5) is 18.0 Å². The summed E-state index contributed by atoms with van der Waals surface area (Å²) in [5.41, 5.74) is -0.586. The van der Waals surface area contributed by atoms with Crippen LogP contribution >= 0.6 is 0 Å². The maximum Gasteiger partial charge on any atom is 0.407 e. The van der Waals surface area contributed by atoms with Gasteiger partial charge in [-0.15, -0.1) is 0 Å². The zero-order valence-electron chi connectivity index (χ0n) is 14.0. The summed E-state index contributed by atoms with van der Waals surface area (Å²) in [6, 6.07) is -0.162. The van der Waals surface area contributed by atoms with Gasteiger partial charge in [0.2, 0.25) is 5.91 Å². The Balaban J connectivity index is 2.40. The molecular formula is C15H25F3N2O3. The van der Waals surface area contributed by atoms with E-state index in [1.54, 1.807) is 20.8 Å². The van der Waals surface area contributed by atoms with Crippen LogP contribution in [0.25, 0.3) is 0 Å². The minimum absolute atomic E-state index is 0.109. The van der Waals surface area contributed by atoms with Crippen molar-refractivity contribution in [1.82, 2.24) is 10.2 Å². The number of carbonyl (C=O) groups is 2. The molecule has 1 N–H and O–H groups in total. The Morgan fingerprint density at radius 2 is 1.74 bits per heavy atom. The molecule has 0 radical (unpaired) electrons. The van der Waals surface area contributed by atoms with Crippen molar-refractivity contribution in [1.29, 1.82) is 0 Å². The van der Waals surface area contributed by atoms with E-state index in [2.05, 4.69) is 5.32 Å². The van der Waals surface area contributed by atoms with Crippen molar-refractivity contribution in [2.24, 2.45) is 5.92 Å². The van der Waals surface area contributed by atoms with E-state index in [1.807, 2.05) is 6.92 Å². The number of nitrogens with zero attached hydrogens (tertiary/aromatic N) is 1. The lowest BCUT2D eigenvalue weighted by Gasteiger charge is -2.35. The number of amides is 2. The fourth-order valence-electron chi connectivity index (χ4n) is 2.54. The van der Waals surface area contributed by atoms with E-state index in [4.69, 9.17) is 4.74 Å². The molecule has 8 heteroatoms. The average Bonchev–Trinajstić information content (AvgIpc) is 2.34. The highest BCUT2D eigenvalue weighted by Crippen LogP contribution is 2.25. The summed E-state index contributed by atoms with van der Waals surface area (Å²) < 4.78 is 41.9. The summed E-state index contributed by atoms with van der Waals surface area (Å²) in [6.07, 6.45) is -5.29. The van der Waals surface area contributed by atoms with Gasteiger partial charge in [-0.25, -0.2) is 4.79 Å². The number of hydrogen-bond acceptors (Lipinski definition) is 3. The molecule has 0 aromatic rings. The van der Waals surface area contributed by atoms with E-state index < -0.39 is 30.2 Å². The lowest BCUT2D eigenvalue weighted by atomic mass is 9.90. The Kier molecular flexibility index (Phi) is 6.30. The number of alkyl carbamates (subject to hydrolysis) is 1. The van der Waals surface area contributed by atoms with E-state index in [0.29, 0.717) is 12.8 Å². The highest BCUT2D eigenvalue weighted by molar-refractivity contribution is 5.76. The molecular weight excluding hydrogens is 313 g/mol. The molecule has 1 aliphatic heterocycles. The van der Waals surface area contributed by atoms with Gasteiger partial charge in [-0.2, -0.15) is 13.2 Å². The largest absolute Gasteiger partial charge is 0.444 e. The van der Waals surface area contributed by atoms with Crippen LogP contribution in [-0.2, 0) is 9.53 Å². The number of carbonyl (C=O) groups excluding carboxylic acids is 2. The number of nitrogens with one attached hydrogen (secondary N) is 1. The summed E-state index contributed by atoms with van der Waals surface area (Å²) in [6.45, 7) is 7.69. The summed E-state index contributed by atoms with van der Waals surface area (Å²) >= 11 is 0. The average molecular weight is 338 g/mol. The molecule has 0 saturated carbocycles. The molecule has 0 bridgehead atoms. The molecule has 1 rings (SSSR count). The van der Waals surface area contributed by atoms with Crippen molar-refractivity contribution in [2.75, 3.05) is 13.1 Å². The number of rotatable bonds is 3. The lowest BCUT2D eigenvalue weighted by molar-refractivity contribution is -0.162. The molecule has 1 heterocycles. The lowest BCUT2D eigenvalue weighted by Crippen LogP contribution is -2.47. The minimum atomic E-state index is -4.47. The molecule has 0 spiro atoms. The molecule has 0 unspecified atom stereocenters. The standard InChI is InChI=1S/C15H25F3N2O3/c1-10(19-13(22)23-14(2,3)4)11-5-7-20(8-6-11)12(21)9-15(16,17)18/h10-11H,5-9H2,1-4H3,(H,19,22)/t10-/m1/s1. The van der Waals surface area contributed by atoms with Crippen molar-refractivity contribution >= 4 is 12.0 Å². The fraction of sp³-hybridized carbons (Fsp3) is 0.867. The first-order valence-corrected chi connectivity index (χ1v) is 7.71. The van der Waals surface area contributed by atoms with Gasteiger partial charge in [0.15, 0.2) is 0 Å². The van der Waals surface area contributed by atoms with E-state index in [0.717, 1.165) is 0 Å². The predicted octanol–water partition coefficient (Wildman–Crippen LogP) is 3.09. The van der Waals surface area contributed by atoms with E-state index >= 15 is 0 Å². The zero-order chi connectivity index (χ0) is 17.8. The third-order valence-corrected chi connectivity index (χ3v) is 3.70. The summed E-state index contributed by atoms with van der Waals surface area (Å²) in [7, 11) is 0. The summed E-state index contributed by atoms with van der Waals surface area (Å²) in [5.74, 6) is -0.777. The summed E-state index contributed by atoms with van der Waals surface area (Å²) in [4.78, 5) is 24.5. The maximum atomic E-state index is 12.2. The van der Waals surface area contributed by atoms with Crippen molar-refractivity contribution in [3.8, 4) is 0 Å². The predicted molar refractivity (Wildman–Crippen MR) is 78.8 cm³/mol. The van der Waals surface area contributed by atoms with Crippen molar-refractivity contribution < 1.29 is 27.5 Å². The molecule has 1 aliphatic rings. The SMILES string of the molecule is C[C@@H](NC(=O)OC(C)(C)C)C1CCN(C(=O)CC(F)(F)F)CC1. The number of ether oxygens (including phenoxy) is 1. The van der Waals surface area contributed by atoms with Crippen LogP contribution in [0, 0.1) is 5.92 Å². The van der Waals surface area contributed by atoms with Crippen LogP contribution in [0.1, 0.15) is 47.0 Å². The Morgan fingerprint density at radius 1 is 1.22 bits per heavy atom. The number of halogens is 3. The second-order valence-electron chi connectivity index (χ2n) is 6.95. The Labute approximate surface area is 134 Å². The minimum Gasteiger partial charge on any atom is -0.444 e. The van der Waals surface area contributed by atoms with Gasteiger partial charge in [0, 0.05) is 19.1 Å². The van der Waals surface area contributed by atoms with Crippen molar-refractivity contribution in [2.45, 2.75) is 64.8 Å². The number of alkyl halides is 3. The van der Waals surface area contributed by atoms with Crippen LogP contribution in [0.5, 0.6) is 0 Å². The van der Waals surface area contributed by atoms with Gasteiger partial charge in [-0.05, 0) is 46.5 Å². The van der Waals surface area contributed by atoms with Crippen LogP contribution in [0.15, 0.2) is 0 Å². The van der Waals surface area contributed by atoms with Gasteiger partial charge in [0.05, 0.1) is 0 Å². The Bertz CT molecular complexity index is 425. The van der Waals surface area contributed by atoms with Gasteiger partial charge in [-0.3, -0.25) is 4.79 Å². The second kappa shape index (κ2) is 7.40. The van der Waals surface area contributed by atoms with E-state index in [-0.39, 0.29) is 25.0 Å². The van der Waals surface area contributed by atoms with Gasteiger partial charge < -0.3 is 15.0 Å². The quantitative estimate of drug-likeness (QED) is 0.860. The zero-order valence-corrected chi connectivity index (χ0v) is 14.0. The monoisotopic (exact) mass is 338 g/mol. The third-order valence-electron chi connectivity index (χ3n) is 3.70. The highest BCUT2D eigenvalue weighted by Gasteiger charge is 2.35. The molecule has 23 heavy (non-hydrogen) atoms. The van der Waals surface area contributed by atoms with E-state index in [9.17, 15) is 22.8 Å². The fourth-order valence-corrected chi connectivity index (χ4v) is 2.54. The molecule has 0 aliphatic carbocycles. The molecule has 134 valence electrons. The smallest absolute Gasteiger partial charge is 0.407 e. The van der Waals surface area contributed by atoms with Crippen LogP contribution in [0.3, 0.4) is 0 Å². The molecule has 2 amide bonds. The number of likely N-dealkylation sites (tertiary alicyclic amines) is 1. The molecule has 5 nitrogen and oxygen atoms in total. The molecule has 1 fully saturated rings. The normalized spacial score (nSPS) is 18.5. The van der Waals surface area contributed by atoms with Gasteiger partial charge >= 0.3 is 12.3 Å². The van der Waals surface area contributed by atoms with Gasteiger partial charge in [0.1, 0.15) is 12.0 Å². The molecule has 0 aromatic carbocycles. The van der Waals surface area contributed by atoms with E-state index in [1.165, 1.54) is 4.90 Å². The highest BCUT2D eigenvalue weighted by atomic mass is 19.4. The first-order valence-electron chi connectivity index (χ1n) is 7.71. The first-order chi connectivity index (χ1) is 10.4. The van der Waals surface area contributed by atoms with Crippen LogP contribution < -0.4 is 5.32 Å². The molecule has 1 saturated heterocycles. The number of hydrogen-bond donors (Lipinski definition) is 1. The maximum absolute atomic E-state index is 12.2.